The average molecular weight is 320 g/mol. The Kier molecular flexibility index (Phi) is 6.15. The molecule has 0 atom stereocenters. The Morgan fingerprint density at radius 2 is 1.87 bits per heavy atom. The van der Waals surface area contributed by atoms with Gasteiger partial charge in [-0.3, -0.25) is 4.79 Å². The summed E-state index contributed by atoms with van der Waals surface area (Å²) in [6, 6.07) is 2.18. The van der Waals surface area contributed by atoms with Crippen LogP contribution in [0.5, 0.6) is 0 Å². The molecule has 7 heteroatoms. The Hall–Kier alpha value is -1.89. The molecule has 2 fully saturated rings. The summed E-state index contributed by atoms with van der Waals surface area (Å²) in [5.74, 6) is 1.76. The van der Waals surface area contributed by atoms with Crippen LogP contribution in [0.4, 0.5) is 11.8 Å². The van der Waals surface area contributed by atoms with Gasteiger partial charge in [-0.15, -0.1) is 0 Å². The second-order valence-electron chi connectivity index (χ2n) is 5.80. The second-order valence-corrected chi connectivity index (χ2v) is 5.80. The van der Waals surface area contributed by atoms with Crippen LogP contribution in [0.2, 0.25) is 0 Å². The molecule has 2 saturated heterocycles. The summed E-state index contributed by atoms with van der Waals surface area (Å²) >= 11 is 0. The van der Waals surface area contributed by atoms with Gasteiger partial charge in [-0.2, -0.15) is 4.98 Å². The molecule has 128 valence electrons. The lowest BCUT2D eigenvalue weighted by Crippen LogP contribution is -2.56. The fourth-order valence-electron chi connectivity index (χ4n) is 2.62. The third-order valence-corrected chi connectivity index (χ3v) is 4.11. The van der Waals surface area contributed by atoms with E-state index in [1.807, 2.05) is 24.8 Å². The minimum Gasteiger partial charge on any atom is -0.364 e. The first-order chi connectivity index (χ1) is 11.1. The van der Waals surface area contributed by atoms with Crippen LogP contribution in [-0.4, -0.2) is 78.0 Å². The number of amides is 1. The van der Waals surface area contributed by atoms with Crippen LogP contribution < -0.4 is 10.2 Å². The van der Waals surface area contributed by atoms with E-state index < -0.39 is 0 Å². The maximum Gasteiger partial charge on any atom is 0.227 e. The number of nitrogens with zero attached hydrogens (tertiary/aromatic N) is 5. The number of likely N-dealkylation sites (N-methyl/N-ethyl adjacent to an activating group) is 1. The molecule has 0 spiro atoms. The third kappa shape index (κ3) is 4.54. The van der Waals surface area contributed by atoms with Gasteiger partial charge in [0.2, 0.25) is 11.9 Å². The van der Waals surface area contributed by atoms with E-state index in [2.05, 4.69) is 32.1 Å². The highest BCUT2D eigenvalue weighted by molar-refractivity contribution is 5.74. The van der Waals surface area contributed by atoms with Gasteiger partial charge >= 0.3 is 0 Å². The van der Waals surface area contributed by atoms with E-state index in [0.29, 0.717) is 6.04 Å². The molecule has 7 nitrogen and oxygen atoms in total. The van der Waals surface area contributed by atoms with E-state index in [1.54, 1.807) is 13.1 Å². The summed E-state index contributed by atoms with van der Waals surface area (Å²) in [6.45, 7) is 11.1. The first kappa shape index (κ1) is 17.5. The molecule has 0 radical (unpaired) electrons. The molecule has 0 bridgehead atoms. The highest BCUT2D eigenvalue weighted by Crippen LogP contribution is 2.16. The van der Waals surface area contributed by atoms with E-state index in [0.717, 1.165) is 51.0 Å². The normalized spacial score (nSPS) is 18.8. The van der Waals surface area contributed by atoms with E-state index in [4.69, 9.17) is 0 Å². The number of carbonyl (C=O) groups excluding carboxylic acids is 1. The van der Waals surface area contributed by atoms with Gasteiger partial charge in [-0.05, 0) is 13.1 Å². The highest BCUT2D eigenvalue weighted by atomic mass is 16.2. The summed E-state index contributed by atoms with van der Waals surface area (Å²) in [7, 11) is 2.13. The molecule has 1 aromatic rings. The SMILES string of the molecule is CC.CC(=O)N1CC(Nc2ccnc(N3CCN(C)CC3)n2)C1. The molecular weight excluding hydrogens is 292 g/mol. The van der Waals surface area contributed by atoms with E-state index >= 15 is 0 Å². The Balaban J connectivity index is 0.000000924. The molecule has 3 rings (SSSR count). The first-order valence-corrected chi connectivity index (χ1v) is 8.40. The lowest BCUT2D eigenvalue weighted by Gasteiger charge is -2.39. The van der Waals surface area contributed by atoms with E-state index in [-0.39, 0.29) is 5.91 Å². The van der Waals surface area contributed by atoms with Crippen LogP contribution in [-0.2, 0) is 4.79 Å². The van der Waals surface area contributed by atoms with Gasteiger partial charge in [0, 0.05) is 52.4 Å². The molecule has 0 aromatic carbocycles. The van der Waals surface area contributed by atoms with Crippen molar-refractivity contribution in [1.82, 2.24) is 19.8 Å². The number of likely N-dealkylation sites (tertiary alicyclic amines) is 1. The van der Waals surface area contributed by atoms with Crippen molar-refractivity contribution >= 4 is 17.7 Å². The number of nitrogens with one attached hydrogen (secondary N) is 1. The number of carbonyl (C=O) groups is 1. The Morgan fingerprint density at radius 1 is 1.22 bits per heavy atom. The van der Waals surface area contributed by atoms with E-state index in [9.17, 15) is 4.79 Å². The minimum atomic E-state index is 0.133. The molecule has 0 unspecified atom stereocenters. The lowest BCUT2D eigenvalue weighted by molar-refractivity contribution is -0.132. The van der Waals surface area contributed by atoms with Crippen molar-refractivity contribution in [2.24, 2.45) is 0 Å². The molecule has 23 heavy (non-hydrogen) atoms. The molecule has 0 aliphatic carbocycles. The quantitative estimate of drug-likeness (QED) is 0.893. The van der Waals surface area contributed by atoms with Gasteiger partial charge in [0.05, 0.1) is 6.04 Å². The minimum absolute atomic E-state index is 0.133. The van der Waals surface area contributed by atoms with Crippen LogP contribution in [0.3, 0.4) is 0 Å². The average Bonchev–Trinajstić information content (AvgIpc) is 2.53. The van der Waals surface area contributed by atoms with Gasteiger partial charge in [-0.25, -0.2) is 4.98 Å². The van der Waals surface area contributed by atoms with Gasteiger partial charge in [-0.1, -0.05) is 13.8 Å². The molecule has 1 aromatic heterocycles. The van der Waals surface area contributed by atoms with Crippen LogP contribution in [0.15, 0.2) is 12.3 Å². The monoisotopic (exact) mass is 320 g/mol. The number of aromatic nitrogens is 2. The predicted octanol–water partition coefficient (Wildman–Crippen LogP) is 0.897. The van der Waals surface area contributed by atoms with Gasteiger partial charge < -0.3 is 20.0 Å². The molecule has 3 heterocycles. The maximum absolute atomic E-state index is 11.2. The summed E-state index contributed by atoms with van der Waals surface area (Å²) in [6.07, 6.45) is 1.80. The van der Waals surface area contributed by atoms with Crippen molar-refractivity contribution in [1.29, 1.82) is 0 Å². The number of hydrogen-bond donors (Lipinski definition) is 1. The molecule has 1 amide bonds. The van der Waals surface area contributed by atoms with Crippen molar-refractivity contribution < 1.29 is 4.79 Å². The Labute approximate surface area is 138 Å². The van der Waals surface area contributed by atoms with Crippen LogP contribution in [0.1, 0.15) is 20.8 Å². The second kappa shape index (κ2) is 8.10. The summed E-state index contributed by atoms with van der Waals surface area (Å²) < 4.78 is 0. The van der Waals surface area contributed by atoms with Crippen LogP contribution in [0.25, 0.3) is 0 Å². The maximum atomic E-state index is 11.2. The van der Waals surface area contributed by atoms with Crippen molar-refractivity contribution in [2.75, 3.05) is 56.5 Å². The van der Waals surface area contributed by atoms with Crippen molar-refractivity contribution in [3.8, 4) is 0 Å². The fraction of sp³-hybridized carbons (Fsp3) is 0.688. The topological polar surface area (TPSA) is 64.6 Å². The van der Waals surface area contributed by atoms with Gasteiger partial charge in [0.15, 0.2) is 0 Å². The van der Waals surface area contributed by atoms with Crippen LogP contribution >= 0.6 is 0 Å². The molecule has 0 saturated carbocycles. The first-order valence-electron chi connectivity index (χ1n) is 8.40. The predicted molar refractivity (Wildman–Crippen MR) is 92.8 cm³/mol. The zero-order valence-electron chi connectivity index (χ0n) is 14.6. The molecule has 2 aliphatic heterocycles. The summed E-state index contributed by atoms with van der Waals surface area (Å²) in [5, 5.41) is 3.37. The van der Waals surface area contributed by atoms with E-state index in [1.165, 1.54) is 0 Å². The van der Waals surface area contributed by atoms with Gasteiger partial charge in [0.1, 0.15) is 5.82 Å². The molecule has 1 N–H and O–H groups in total. The zero-order chi connectivity index (χ0) is 16.8. The fourth-order valence-corrected chi connectivity index (χ4v) is 2.62. The van der Waals surface area contributed by atoms with Crippen molar-refractivity contribution in [2.45, 2.75) is 26.8 Å². The van der Waals surface area contributed by atoms with Crippen molar-refractivity contribution in [3.63, 3.8) is 0 Å². The molecular formula is C16H28N6O. The van der Waals surface area contributed by atoms with Gasteiger partial charge in [0.25, 0.3) is 0 Å². The largest absolute Gasteiger partial charge is 0.364 e. The lowest BCUT2D eigenvalue weighted by atomic mass is 10.1. The zero-order valence-corrected chi connectivity index (χ0v) is 14.6. The standard InChI is InChI=1S/C14H22N6O.C2H6/c1-11(21)20-9-12(10-20)16-13-3-4-15-14(17-13)19-7-5-18(2)6-8-19;1-2/h3-4,12H,5-10H2,1-2H3,(H,15,16,17);1-2H3. The summed E-state index contributed by atoms with van der Waals surface area (Å²) in [5.41, 5.74) is 0. The third-order valence-electron chi connectivity index (χ3n) is 4.11. The Bertz CT molecular complexity index is 509. The van der Waals surface area contributed by atoms with Crippen LogP contribution in [0, 0.1) is 0 Å². The van der Waals surface area contributed by atoms with Crippen molar-refractivity contribution in [3.05, 3.63) is 12.3 Å². The number of hydrogen-bond acceptors (Lipinski definition) is 6. The number of rotatable bonds is 3. The summed E-state index contributed by atoms with van der Waals surface area (Å²) in [4.78, 5) is 26.5. The number of anilines is 2. The number of piperazine rings is 1. The Morgan fingerprint density at radius 3 is 2.48 bits per heavy atom. The highest BCUT2D eigenvalue weighted by Gasteiger charge is 2.28. The smallest absolute Gasteiger partial charge is 0.227 e. The molecule has 2 aliphatic rings.